The fourth-order valence-corrected chi connectivity index (χ4v) is 2.89. The van der Waals surface area contributed by atoms with E-state index in [9.17, 15) is 0 Å². The zero-order chi connectivity index (χ0) is 12.4. The summed E-state index contributed by atoms with van der Waals surface area (Å²) in [6, 6.07) is 20.6. The highest BCUT2D eigenvalue weighted by Gasteiger charge is 2.07. The molecular formula is C15H13N2P. The Balaban J connectivity index is 2.07. The van der Waals surface area contributed by atoms with Gasteiger partial charge in [0, 0.05) is 5.56 Å². The third kappa shape index (κ3) is 2.07. The van der Waals surface area contributed by atoms with Gasteiger partial charge in [-0.2, -0.15) is 5.10 Å². The largest absolute Gasteiger partial charge is 0.233 e. The first kappa shape index (κ1) is 11.2. The molecule has 0 fully saturated rings. The number of hydrogen-bond donors (Lipinski definition) is 0. The molecular weight excluding hydrogens is 239 g/mol. The van der Waals surface area contributed by atoms with Crippen molar-refractivity contribution in [2.24, 2.45) is 0 Å². The Morgan fingerprint density at radius 1 is 0.889 bits per heavy atom. The summed E-state index contributed by atoms with van der Waals surface area (Å²) >= 11 is 0. The molecule has 1 aromatic heterocycles. The van der Waals surface area contributed by atoms with Gasteiger partial charge in [0.25, 0.3) is 0 Å². The highest BCUT2D eigenvalue weighted by Crippen LogP contribution is 2.30. The molecule has 3 aromatic rings. The Hall–Kier alpha value is -1.92. The summed E-state index contributed by atoms with van der Waals surface area (Å²) in [5.74, 6) is 0. The summed E-state index contributed by atoms with van der Waals surface area (Å²) in [7, 11) is 1.18. The van der Waals surface area contributed by atoms with Gasteiger partial charge < -0.3 is 0 Å². The van der Waals surface area contributed by atoms with Crippen LogP contribution in [0.2, 0.25) is 0 Å². The number of aryl methyl sites for hydroxylation is 1. The van der Waals surface area contributed by atoms with Crippen molar-refractivity contribution in [2.75, 3.05) is 0 Å². The minimum Gasteiger partial charge on any atom is -0.233 e. The molecule has 3 heteroatoms. The van der Waals surface area contributed by atoms with Gasteiger partial charge in [-0.1, -0.05) is 48.5 Å². The van der Waals surface area contributed by atoms with Crippen LogP contribution in [0.3, 0.4) is 0 Å². The van der Waals surface area contributed by atoms with Gasteiger partial charge >= 0.3 is 0 Å². The van der Waals surface area contributed by atoms with Gasteiger partial charge in [0.05, 0.1) is 11.1 Å². The predicted molar refractivity (Wildman–Crippen MR) is 76.3 cm³/mol. The molecule has 0 saturated heterocycles. The number of para-hydroxylation sites is 1. The topological polar surface area (TPSA) is 17.8 Å². The van der Waals surface area contributed by atoms with E-state index in [0.717, 1.165) is 11.1 Å². The number of hydrogen-bond acceptors (Lipinski definition) is 1. The molecule has 0 aliphatic carbocycles. The molecule has 0 N–H and O–H groups in total. The van der Waals surface area contributed by atoms with Crippen molar-refractivity contribution in [1.29, 1.82) is 0 Å². The molecule has 0 aliphatic heterocycles. The second kappa shape index (κ2) is 4.75. The second-order valence-electron chi connectivity index (χ2n) is 4.10. The quantitative estimate of drug-likeness (QED) is 0.659. The summed E-state index contributed by atoms with van der Waals surface area (Å²) in [6.07, 6.45) is 0. The van der Waals surface area contributed by atoms with Crippen molar-refractivity contribution < 1.29 is 0 Å². The molecule has 0 bridgehead atoms. The number of rotatable bonds is 2. The van der Waals surface area contributed by atoms with E-state index in [1.54, 1.807) is 0 Å². The van der Waals surface area contributed by atoms with Crippen LogP contribution in [-0.2, 0) is 0 Å². The van der Waals surface area contributed by atoms with E-state index in [1.165, 1.54) is 19.2 Å². The van der Waals surface area contributed by atoms with E-state index >= 15 is 0 Å². The molecule has 88 valence electrons. The van der Waals surface area contributed by atoms with Gasteiger partial charge in [0.1, 0.15) is 5.43 Å². The Morgan fingerprint density at radius 3 is 2.17 bits per heavy atom. The molecule has 0 aliphatic rings. The number of aromatic nitrogens is 2. The molecule has 1 heterocycles. The lowest BCUT2D eigenvalue weighted by molar-refractivity contribution is 0.853. The lowest BCUT2D eigenvalue weighted by Crippen LogP contribution is -1.97. The van der Waals surface area contributed by atoms with E-state index in [-0.39, 0.29) is 0 Å². The summed E-state index contributed by atoms with van der Waals surface area (Å²) in [6.45, 7) is 2.12. The van der Waals surface area contributed by atoms with E-state index < -0.39 is 0 Å². The van der Waals surface area contributed by atoms with Crippen LogP contribution in [0, 0.1) is 6.92 Å². The zero-order valence-corrected chi connectivity index (χ0v) is 11.0. The van der Waals surface area contributed by atoms with Crippen LogP contribution in [0.5, 0.6) is 0 Å². The predicted octanol–water partition coefficient (Wildman–Crippen LogP) is 4.43. The van der Waals surface area contributed by atoms with Crippen molar-refractivity contribution in [1.82, 2.24) is 9.78 Å². The Bertz CT molecular complexity index is 645. The highest BCUT2D eigenvalue weighted by molar-refractivity contribution is 7.34. The average Bonchev–Trinajstić information content (AvgIpc) is 2.83. The van der Waals surface area contributed by atoms with Crippen LogP contribution in [-0.4, -0.2) is 9.78 Å². The van der Waals surface area contributed by atoms with E-state index in [2.05, 4.69) is 31.2 Å². The molecule has 3 rings (SSSR count). The number of nitrogens with zero attached hydrogens (tertiary/aromatic N) is 2. The van der Waals surface area contributed by atoms with Crippen molar-refractivity contribution in [3.63, 3.8) is 0 Å². The summed E-state index contributed by atoms with van der Waals surface area (Å²) < 4.78 is 2.02. The molecule has 2 aromatic carbocycles. The average molecular weight is 252 g/mol. The molecule has 0 saturated carbocycles. The van der Waals surface area contributed by atoms with Crippen molar-refractivity contribution >= 4 is 8.19 Å². The zero-order valence-electron chi connectivity index (χ0n) is 10.1. The molecule has 0 spiro atoms. The summed E-state index contributed by atoms with van der Waals surface area (Å²) in [5.41, 5.74) is 4.65. The first-order valence-corrected chi connectivity index (χ1v) is 6.78. The lowest BCUT2D eigenvalue weighted by Gasteiger charge is -2.02. The first-order chi connectivity index (χ1) is 8.84. The Morgan fingerprint density at radius 2 is 1.50 bits per heavy atom. The maximum absolute atomic E-state index is 4.71. The normalized spacial score (nSPS) is 10.9. The second-order valence-corrected chi connectivity index (χ2v) is 5.39. The molecule has 2 nitrogen and oxygen atoms in total. The van der Waals surface area contributed by atoms with E-state index in [1.807, 2.05) is 41.1 Å². The summed E-state index contributed by atoms with van der Waals surface area (Å²) in [5, 5.41) is 4.71. The Kier molecular flexibility index (Phi) is 2.95. The van der Waals surface area contributed by atoms with Crippen LogP contribution >= 0.6 is 8.19 Å². The van der Waals surface area contributed by atoms with Gasteiger partial charge in [-0.25, -0.2) is 4.68 Å². The Labute approximate surface area is 108 Å². The minimum absolute atomic E-state index is 1.11. The maximum Gasteiger partial charge on any atom is 0.120 e. The number of benzene rings is 2. The third-order valence-corrected chi connectivity index (χ3v) is 3.87. The smallest absolute Gasteiger partial charge is 0.120 e. The highest BCUT2D eigenvalue weighted by atomic mass is 31.0. The minimum atomic E-state index is 1.11. The summed E-state index contributed by atoms with van der Waals surface area (Å²) in [4.78, 5) is 0. The fraction of sp³-hybridized carbons (Fsp3) is 0.0667. The van der Waals surface area contributed by atoms with Crippen molar-refractivity contribution in [3.8, 4) is 16.7 Å². The van der Waals surface area contributed by atoms with E-state index in [0.29, 0.717) is 0 Å². The van der Waals surface area contributed by atoms with Crippen LogP contribution in [0.15, 0.2) is 60.7 Å². The fourth-order valence-electron chi connectivity index (χ4n) is 1.91. The molecule has 0 atom stereocenters. The van der Waals surface area contributed by atoms with E-state index in [4.69, 9.17) is 5.10 Å². The molecule has 0 radical (unpaired) electrons. The molecule has 18 heavy (non-hydrogen) atoms. The SMILES string of the molecule is Cc1pc(-c2ccccc2)nn1-c1ccccc1. The molecule has 0 unspecified atom stereocenters. The van der Waals surface area contributed by atoms with Gasteiger partial charge in [-0.05, 0) is 27.2 Å². The first-order valence-electron chi connectivity index (χ1n) is 5.89. The standard InChI is InChI=1S/C15H13N2P/c1-12-17(14-10-6-3-7-11-14)16-15(18-12)13-8-4-2-5-9-13/h2-11H,1H3. The molecule has 0 amide bonds. The van der Waals surface area contributed by atoms with Gasteiger partial charge in [-0.15, -0.1) is 0 Å². The van der Waals surface area contributed by atoms with Crippen LogP contribution in [0.4, 0.5) is 0 Å². The van der Waals surface area contributed by atoms with Crippen LogP contribution < -0.4 is 0 Å². The third-order valence-electron chi connectivity index (χ3n) is 2.80. The van der Waals surface area contributed by atoms with Gasteiger partial charge in [-0.3, -0.25) is 0 Å². The van der Waals surface area contributed by atoms with Gasteiger partial charge in [0.2, 0.25) is 0 Å². The van der Waals surface area contributed by atoms with Crippen molar-refractivity contribution in [3.05, 3.63) is 66.1 Å². The lowest BCUT2D eigenvalue weighted by atomic mass is 10.2. The van der Waals surface area contributed by atoms with Crippen LogP contribution in [0.25, 0.3) is 16.7 Å². The van der Waals surface area contributed by atoms with Crippen LogP contribution in [0.1, 0.15) is 5.43 Å². The maximum atomic E-state index is 4.71. The monoisotopic (exact) mass is 252 g/mol. The van der Waals surface area contributed by atoms with Gasteiger partial charge in [0.15, 0.2) is 0 Å². The van der Waals surface area contributed by atoms with Crippen molar-refractivity contribution in [2.45, 2.75) is 6.92 Å².